The van der Waals surface area contributed by atoms with Gasteiger partial charge in [-0.2, -0.15) is 0 Å². The van der Waals surface area contributed by atoms with Gasteiger partial charge in [0.05, 0.1) is 18.6 Å². The van der Waals surface area contributed by atoms with Crippen LogP contribution in [0.5, 0.6) is 5.75 Å². The Morgan fingerprint density at radius 3 is 2.49 bits per heavy atom. The van der Waals surface area contributed by atoms with Gasteiger partial charge in [-0.05, 0) is 74.8 Å². The lowest BCUT2D eigenvalue weighted by atomic mass is 9.88. The fourth-order valence-electron chi connectivity index (χ4n) is 5.26. The van der Waals surface area contributed by atoms with Crippen LogP contribution in [-0.4, -0.2) is 39.9 Å². The second-order valence-electron chi connectivity index (χ2n) is 11.1. The van der Waals surface area contributed by atoms with E-state index in [0.29, 0.717) is 26.0 Å². The Kier molecular flexibility index (Phi) is 8.35. The van der Waals surface area contributed by atoms with Crippen molar-refractivity contribution in [2.24, 2.45) is 10.4 Å². The molecule has 6 heteroatoms. The van der Waals surface area contributed by atoms with E-state index < -0.39 is 16.9 Å². The van der Waals surface area contributed by atoms with E-state index in [1.807, 2.05) is 23.1 Å². The van der Waals surface area contributed by atoms with Gasteiger partial charge < -0.3 is 9.84 Å². The zero-order valence-corrected chi connectivity index (χ0v) is 22.5. The maximum Gasteiger partial charge on any atom is 0.309 e. The maximum absolute atomic E-state index is 13.4. The lowest BCUT2D eigenvalue weighted by Gasteiger charge is -2.23. The number of rotatable bonds is 12. The summed E-state index contributed by atoms with van der Waals surface area (Å²) in [7, 11) is 0. The van der Waals surface area contributed by atoms with E-state index in [4.69, 9.17) is 9.73 Å². The molecular formula is C31H40N2O4. The monoisotopic (exact) mass is 504 g/mol. The Bertz CT molecular complexity index is 1130. The van der Waals surface area contributed by atoms with Gasteiger partial charge in [0.1, 0.15) is 17.1 Å². The molecule has 6 nitrogen and oxygen atoms in total. The molecule has 2 aliphatic rings. The van der Waals surface area contributed by atoms with Crippen LogP contribution in [0.4, 0.5) is 0 Å². The first kappa shape index (κ1) is 26.9. The number of amidine groups is 1. The summed E-state index contributed by atoms with van der Waals surface area (Å²) in [5.74, 6) is 1.15. The Morgan fingerprint density at radius 2 is 1.81 bits per heavy atom. The number of carbonyl (C=O) groups is 2. The predicted molar refractivity (Wildman–Crippen MR) is 147 cm³/mol. The van der Waals surface area contributed by atoms with Crippen molar-refractivity contribution in [3.05, 3.63) is 54.1 Å². The van der Waals surface area contributed by atoms with E-state index in [1.165, 1.54) is 0 Å². The minimum absolute atomic E-state index is 0.191. The first-order valence-corrected chi connectivity index (χ1v) is 13.7. The van der Waals surface area contributed by atoms with E-state index in [0.717, 1.165) is 73.2 Å². The van der Waals surface area contributed by atoms with Crippen LogP contribution in [0, 0.1) is 5.41 Å². The van der Waals surface area contributed by atoms with Crippen molar-refractivity contribution in [3.63, 3.8) is 0 Å². The summed E-state index contributed by atoms with van der Waals surface area (Å²) in [6, 6.07) is 16.4. The van der Waals surface area contributed by atoms with Crippen molar-refractivity contribution in [2.45, 2.75) is 90.6 Å². The third-order valence-electron chi connectivity index (χ3n) is 7.74. The predicted octanol–water partition coefficient (Wildman–Crippen LogP) is 6.87. The van der Waals surface area contributed by atoms with Crippen molar-refractivity contribution >= 4 is 17.7 Å². The molecule has 0 bridgehead atoms. The van der Waals surface area contributed by atoms with E-state index in [1.54, 1.807) is 13.8 Å². The quantitative estimate of drug-likeness (QED) is 0.320. The molecule has 0 atom stereocenters. The van der Waals surface area contributed by atoms with Gasteiger partial charge >= 0.3 is 5.97 Å². The molecule has 0 aromatic heterocycles. The van der Waals surface area contributed by atoms with Crippen molar-refractivity contribution in [1.82, 2.24) is 4.90 Å². The number of aliphatic carboxylic acids is 1. The van der Waals surface area contributed by atoms with Gasteiger partial charge in [-0.1, -0.05) is 62.6 Å². The molecule has 4 rings (SSSR count). The SMILES string of the molecule is CCCCC1=NC2(CCCC2)C(=O)N1Cc1ccc(-c2cccc(OCCCC(C)(C)C(=O)O)c2)cc1. The molecule has 0 saturated heterocycles. The van der Waals surface area contributed by atoms with Gasteiger partial charge in [-0.25, -0.2) is 0 Å². The molecule has 1 heterocycles. The first-order valence-electron chi connectivity index (χ1n) is 13.7. The highest BCUT2D eigenvalue weighted by molar-refractivity contribution is 6.08. The van der Waals surface area contributed by atoms with E-state index >= 15 is 0 Å². The van der Waals surface area contributed by atoms with Crippen LogP contribution in [0.25, 0.3) is 11.1 Å². The number of carboxylic acid groups (broad SMARTS) is 1. The second kappa shape index (κ2) is 11.5. The molecule has 1 saturated carbocycles. The molecule has 2 aromatic rings. The molecule has 1 spiro atoms. The maximum atomic E-state index is 13.4. The van der Waals surface area contributed by atoms with E-state index in [2.05, 4.69) is 37.3 Å². The van der Waals surface area contributed by atoms with Crippen molar-refractivity contribution < 1.29 is 19.4 Å². The van der Waals surface area contributed by atoms with Crippen LogP contribution in [0.2, 0.25) is 0 Å². The standard InChI is InChI=1S/C31H40N2O4/c1-4-5-12-27-32-31(18-6-7-19-31)28(34)33(27)22-23-13-15-24(16-14-23)25-10-8-11-26(21-25)37-20-9-17-30(2,3)29(35)36/h8,10-11,13-16,21H,4-7,9,12,17-20,22H2,1-3H3,(H,35,36). The Hall–Kier alpha value is -3.15. The normalized spacial score (nSPS) is 16.9. The largest absolute Gasteiger partial charge is 0.494 e. The molecular weight excluding hydrogens is 464 g/mol. The van der Waals surface area contributed by atoms with E-state index in [9.17, 15) is 14.7 Å². The second-order valence-corrected chi connectivity index (χ2v) is 11.1. The van der Waals surface area contributed by atoms with Crippen LogP contribution in [0.1, 0.15) is 84.1 Å². The summed E-state index contributed by atoms with van der Waals surface area (Å²) in [5.41, 5.74) is 2.01. The summed E-state index contributed by atoms with van der Waals surface area (Å²) in [6.45, 7) is 6.70. The van der Waals surface area contributed by atoms with Gasteiger partial charge in [0.2, 0.25) is 0 Å². The Balaban J connectivity index is 1.38. The van der Waals surface area contributed by atoms with Crippen molar-refractivity contribution in [2.75, 3.05) is 6.61 Å². The molecule has 1 aliphatic carbocycles. The third kappa shape index (κ3) is 6.23. The minimum atomic E-state index is -0.783. The number of carbonyl (C=O) groups excluding carboxylic acids is 1. The number of unbranched alkanes of at least 4 members (excludes halogenated alkanes) is 1. The zero-order chi connectivity index (χ0) is 26.5. The molecule has 1 fully saturated rings. The fraction of sp³-hybridized carbons (Fsp3) is 0.516. The number of carboxylic acids is 1. The van der Waals surface area contributed by atoms with Crippen LogP contribution in [-0.2, 0) is 16.1 Å². The van der Waals surface area contributed by atoms with Crippen LogP contribution in [0.3, 0.4) is 0 Å². The number of nitrogens with zero attached hydrogens (tertiary/aromatic N) is 2. The van der Waals surface area contributed by atoms with Crippen LogP contribution >= 0.6 is 0 Å². The van der Waals surface area contributed by atoms with Crippen LogP contribution in [0.15, 0.2) is 53.5 Å². The Morgan fingerprint density at radius 1 is 1.08 bits per heavy atom. The first-order chi connectivity index (χ1) is 17.7. The fourth-order valence-corrected chi connectivity index (χ4v) is 5.26. The highest BCUT2D eigenvalue weighted by Crippen LogP contribution is 2.40. The topological polar surface area (TPSA) is 79.2 Å². The van der Waals surface area contributed by atoms with Crippen molar-refractivity contribution in [3.8, 4) is 16.9 Å². The number of ether oxygens (including phenoxy) is 1. The van der Waals surface area contributed by atoms with Gasteiger partial charge in [0.15, 0.2) is 0 Å². The number of benzene rings is 2. The number of amides is 1. The summed E-state index contributed by atoms with van der Waals surface area (Å²) in [5, 5.41) is 9.26. The minimum Gasteiger partial charge on any atom is -0.494 e. The average molecular weight is 505 g/mol. The molecule has 1 aliphatic heterocycles. The summed E-state index contributed by atoms with van der Waals surface area (Å²) >= 11 is 0. The molecule has 198 valence electrons. The zero-order valence-electron chi connectivity index (χ0n) is 22.5. The molecule has 0 unspecified atom stereocenters. The molecule has 0 radical (unpaired) electrons. The highest BCUT2D eigenvalue weighted by atomic mass is 16.5. The average Bonchev–Trinajstić information content (AvgIpc) is 3.46. The third-order valence-corrected chi connectivity index (χ3v) is 7.74. The van der Waals surface area contributed by atoms with Gasteiger partial charge in [0.25, 0.3) is 5.91 Å². The summed E-state index contributed by atoms with van der Waals surface area (Å²) in [4.78, 5) is 31.6. The molecule has 1 amide bonds. The summed E-state index contributed by atoms with van der Waals surface area (Å²) < 4.78 is 5.91. The lowest BCUT2D eigenvalue weighted by Crippen LogP contribution is -2.40. The number of hydrogen-bond acceptors (Lipinski definition) is 4. The van der Waals surface area contributed by atoms with Crippen LogP contribution < -0.4 is 4.74 Å². The highest BCUT2D eigenvalue weighted by Gasteiger charge is 2.49. The number of aliphatic imine (C=N–C) groups is 1. The van der Waals surface area contributed by atoms with E-state index in [-0.39, 0.29) is 5.91 Å². The lowest BCUT2D eigenvalue weighted by molar-refractivity contribution is -0.147. The summed E-state index contributed by atoms with van der Waals surface area (Å²) in [6.07, 6.45) is 8.18. The molecule has 1 N–H and O–H groups in total. The van der Waals surface area contributed by atoms with Gasteiger partial charge in [0, 0.05) is 6.42 Å². The van der Waals surface area contributed by atoms with Gasteiger partial charge in [-0.3, -0.25) is 19.5 Å². The smallest absolute Gasteiger partial charge is 0.309 e. The molecule has 37 heavy (non-hydrogen) atoms. The van der Waals surface area contributed by atoms with Crippen molar-refractivity contribution in [1.29, 1.82) is 0 Å². The molecule has 2 aromatic carbocycles. The Labute approximate surface area is 220 Å². The van der Waals surface area contributed by atoms with Gasteiger partial charge in [-0.15, -0.1) is 0 Å². The number of hydrogen-bond donors (Lipinski definition) is 1.